The summed E-state index contributed by atoms with van der Waals surface area (Å²) in [6.45, 7) is 1.75. The van der Waals surface area contributed by atoms with Gasteiger partial charge in [0.05, 0.1) is 42.2 Å². The first-order chi connectivity index (χ1) is 12.9. The van der Waals surface area contributed by atoms with E-state index in [9.17, 15) is 5.11 Å². The van der Waals surface area contributed by atoms with E-state index in [0.29, 0.717) is 47.3 Å². The van der Waals surface area contributed by atoms with Crippen LogP contribution < -0.4 is 9.47 Å². The second-order valence-corrected chi connectivity index (χ2v) is 13.0. The number of rotatable bonds is 5. The lowest BCUT2D eigenvalue weighted by atomic mass is 10.3. The zero-order valence-corrected chi connectivity index (χ0v) is 29.1. The SMILES string of the molecule is CCC(O)(Oc1c(Br)c(Br)c(Br)c(Br)c1Br)Oc1c(Br)c(Br)c(Br)c(Br)c1Br. The van der Waals surface area contributed by atoms with E-state index in [2.05, 4.69) is 159 Å². The highest BCUT2D eigenvalue weighted by atomic mass is 79.9. The summed E-state index contributed by atoms with van der Waals surface area (Å²) in [5.41, 5.74) is 0. The van der Waals surface area contributed by atoms with Crippen molar-refractivity contribution in [2.45, 2.75) is 19.3 Å². The monoisotopic (exact) mass is 1020 g/mol. The first kappa shape index (κ1) is 27.0. The van der Waals surface area contributed by atoms with E-state index in [1.165, 1.54) is 0 Å². The molecule has 0 aliphatic heterocycles. The summed E-state index contributed by atoms with van der Waals surface area (Å²) in [7, 11) is 0. The second kappa shape index (κ2) is 10.8. The van der Waals surface area contributed by atoms with E-state index in [1.54, 1.807) is 6.92 Å². The summed E-state index contributed by atoms with van der Waals surface area (Å²) >= 11 is 34.8. The molecule has 0 radical (unpaired) electrons. The fourth-order valence-corrected chi connectivity index (χ4v) is 8.18. The molecule has 0 amide bonds. The lowest BCUT2D eigenvalue weighted by Gasteiger charge is -2.30. The zero-order valence-electron chi connectivity index (χ0n) is 13.3. The first-order valence-corrected chi connectivity index (χ1v) is 14.9. The van der Waals surface area contributed by atoms with Gasteiger partial charge in [-0.1, -0.05) is 6.92 Å². The average Bonchev–Trinajstić information content (AvgIpc) is 2.68. The highest BCUT2D eigenvalue weighted by molar-refractivity contribution is 9.16. The number of aliphatic hydroxyl groups is 1. The number of benzene rings is 2. The molecular formula is C15H6Br10O3. The molecule has 2 aromatic carbocycles. The van der Waals surface area contributed by atoms with Gasteiger partial charge in [-0.25, -0.2) is 0 Å². The van der Waals surface area contributed by atoms with Crippen LogP contribution in [0.15, 0.2) is 44.7 Å². The van der Waals surface area contributed by atoms with Gasteiger partial charge in [-0.2, -0.15) is 0 Å². The maximum Gasteiger partial charge on any atom is 0.368 e. The number of hydrogen-bond acceptors (Lipinski definition) is 3. The predicted octanol–water partition coefficient (Wildman–Crippen LogP) is 10.8. The third-order valence-electron chi connectivity index (χ3n) is 3.31. The Morgan fingerprint density at radius 3 is 0.964 bits per heavy atom. The fraction of sp³-hybridized carbons (Fsp3) is 0.200. The van der Waals surface area contributed by atoms with Crippen LogP contribution >= 0.6 is 159 Å². The van der Waals surface area contributed by atoms with Crippen LogP contribution in [0.2, 0.25) is 0 Å². The van der Waals surface area contributed by atoms with E-state index < -0.39 is 5.97 Å². The quantitative estimate of drug-likeness (QED) is 0.184. The van der Waals surface area contributed by atoms with Crippen LogP contribution in [0.1, 0.15) is 13.3 Å². The van der Waals surface area contributed by atoms with Crippen LogP contribution in [-0.2, 0) is 0 Å². The van der Waals surface area contributed by atoms with Crippen molar-refractivity contribution in [3.05, 3.63) is 44.7 Å². The Kier molecular flexibility index (Phi) is 10.5. The van der Waals surface area contributed by atoms with Gasteiger partial charge in [0.1, 0.15) is 0 Å². The van der Waals surface area contributed by atoms with Gasteiger partial charge in [0.2, 0.25) is 0 Å². The summed E-state index contributed by atoms with van der Waals surface area (Å²) in [6, 6.07) is 0. The van der Waals surface area contributed by atoms with E-state index in [0.717, 1.165) is 8.95 Å². The third kappa shape index (κ3) is 5.47. The molecule has 0 aromatic heterocycles. The van der Waals surface area contributed by atoms with Crippen molar-refractivity contribution in [1.82, 2.24) is 0 Å². The summed E-state index contributed by atoms with van der Waals surface area (Å²) in [4.78, 5) is 0. The number of hydrogen-bond donors (Lipinski definition) is 1. The minimum Gasteiger partial charge on any atom is -0.428 e. The zero-order chi connectivity index (χ0) is 21.5. The van der Waals surface area contributed by atoms with Crippen LogP contribution in [0.25, 0.3) is 0 Å². The Morgan fingerprint density at radius 2 is 0.750 bits per heavy atom. The minimum absolute atomic E-state index is 0.140. The van der Waals surface area contributed by atoms with Crippen LogP contribution in [0.3, 0.4) is 0 Å². The third-order valence-corrected chi connectivity index (χ3v) is 15.3. The Bertz CT molecular complexity index is 817. The normalized spacial score (nSPS) is 11.7. The van der Waals surface area contributed by atoms with E-state index >= 15 is 0 Å². The molecule has 154 valence electrons. The van der Waals surface area contributed by atoms with Crippen molar-refractivity contribution in [1.29, 1.82) is 0 Å². The highest BCUT2D eigenvalue weighted by Gasteiger charge is 2.35. The molecule has 2 rings (SSSR count). The largest absolute Gasteiger partial charge is 0.428 e. The summed E-state index contributed by atoms with van der Waals surface area (Å²) in [5.74, 6) is -1.25. The predicted molar refractivity (Wildman–Crippen MR) is 146 cm³/mol. The van der Waals surface area contributed by atoms with Gasteiger partial charge >= 0.3 is 5.97 Å². The Morgan fingerprint density at radius 1 is 0.536 bits per heavy atom. The van der Waals surface area contributed by atoms with Gasteiger partial charge in [-0.3, -0.25) is 0 Å². The second-order valence-electron chi connectivity index (χ2n) is 5.07. The van der Waals surface area contributed by atoms with E-state index in [4.69, 9.17) is 9.47 Å². The molecule has 1 N–H and O–H groups in total. The Labute approximate surface area is 245 Å². The molecule has 0 fully saturated rings. The van der Waals surface area contributed by atoms with Crippen LogP contribution in [-0.4, -0.2) is 11.1 Å². The molecule has 28 heavy (non-hydrogen) atoms. The minimum atomic E-state index is -1.96. The summed E-state index contributed by atoms with van der Waals surface area (Å²) in [5, 5.41) is 11.1. The van der Waals surface area contributed by atoms with Crippen molar-refractivity contribution in [3.63, 3.8) is 0 Å². The van der Waals surface area contributed by atoms with Crippen molar-refractivity contribution in [2.24, 2.45) is 0 Å². The molecule has 0 aliphatic rings. The molecule has 3 nitrogen and oxygen atoms in total. The van der Waals surface area contributed by atoms with E-state index in [1.807, 2.05) is 0 Å². The summed E-state index contributed by atoms with van der Waals surface area (Å²) < 4.78 is 18.7. The Hall–Kier alpha value is 2.80. The molecule has 0 aliphatic carbocycles. The topological polar surface area (TPSA) is 38.7 Å². The lowest BCUT2D eigenvalue weighted by molar-refractivity contribution is -0.274. The van der Waals surface area contributed by atoms with Gasteiger partial charge in [-0.05, 0) is 159 Å². The molecule has 0 spiro atoms. The lowest BCUT2D eigenvalue weighted by Crippen LogP contribution is -2.42. The molecule has 0 unspecified atom stereocenters. The molecule has 0 saturated carbocycles. The van der Waals surface area contributed by atoms with Crippen molar-refractivity contribution in [2.75, 3.05) is 0 Å². The van der Waals surface area contributed by atoms with E-state index in [-0.39, 0.29) is 6.42 Å². The van der Waals surface area contributed by atoms with Crippen LogP contribution in [0.5, 0.6) is 11.5 Å². The summed E-state index contributed by atoms with van der Waals surface area (Å²) in [6.07, 6.45) is 0.140. The smallest absolute Gasteiger partial charge is 0.368 e. The van der Waals surface area contributed by atoms with Gasteiger partial charge < -0.3 is 14.6 Å². The van der Waals surface area contributed by atoms with Crippen LogP contribution in [0.4, 0.5) is 0 Å². The van der Waals surface area contributed by atoms with Crippen molar-refractivity contribution < 1.29 is 14.6 Å². The maximum absolute atomic E-state index is 11.1. The number of halogens is 10. The Balaban J connectivity index is 2.56. The van der Waals surface area contributed by atoms with Gasteiger partial charge in [0.25, 0.3) is 0 Å². The molecule has 2 aromatic rings. The van der Waals surface area contributed by atoms with Gasteiger partial charge in [0, 0.05) is 8.95 Å². The van der Waals surface area contributed by atoms with Gasteiger partial charge in [-0.15, -0.1) is 0 Å². The average molecular weight is 1030 g/mol. The van der Waals surface area contributed by atoms with Crippen molar-refractivity contribution >= 4 is 159 Å². The van der Waals surface area contributed by atoms with Crippen LogP contribution in [0, 0.1) is 0 Å². The molecule has 0 heterocycles. The molecular weight excluding hydrogens is 1030 g/mol. The molecule has 13 heteroatoms. The maximum atomic E-state index is 11.1. The molecule has 0 bridgehead atoms. The first-order valence-electron chi connectivity index (χ1n) is 6.99. The highest BCUT2D eigenvalue weighted by Crippen LogP contribution is 2.52. The molecule has 0 saturated heterocycles. The van der Waals surface area contributed by atoms with Crippen molar-refractivity contribution in [3.8, 4) is 11.5 Å². The number of ether oxygens (including phenoxy) is 2. The van der Waals surface area contributed by atoms with Gasteiger partial charge in [0.15, 0.2) is 11.5 Å². The fourth-order valence-electron chi connectivity index (χ4n) is 1.83. The standard InChI is InChI=1S/C15H6Br10O3/c1-2-15(26,27-13-9(22)5(18)3(16)6(19)10(13)23)28-14-11(24)7(20)4(17)8(21)12(14)25/h26H,2H2,1H3. The molecule has 0 atom stereocenters.